The first-order valence-electron chi connectivity index (χ1n) is 13.8. The number of methoxy groups -OCH3 is 1. The van der Waals surface area contributed by atoms with Gasteiger partial charge in [0.25, 0.3) is 0 Å². The fourth-order valence-electron chi connectivity index (χ4n) is 5.75. The zero-order chi connectivity index (χ0) is 31.1. The van der Waals surface area contributed by atoms with Gasteiger partial charge in [0.15, 0.2) is 0 Å². The van der Waals surface area contributed by atoms with Gasteiger partial charge in [-0.3, -0.25) is 9.89 Å². The number of anilines is 2. The summed E-state index contributed by atoms with van der Waals surface area (Å²) in [4.78, 5) is 28.8. The average molecular weight is 608 g/mol. The van der Waals surface area contributed by atoms with Crippen LogP contribution in [0.5, 0.6) is 5.75 Å². The topological polar surface area (TPSA) is 130 Å². The molecule has 44 heavy (non-hydrogen) atoms. The van der Waals surface area contributed by atoms with Crippen LogP contribution in [0.1, 0.15) is 34.7 Å². The summed E-state index contributed by atoms with van der Waals surface area (Å²) in [6.45, 7) is 3.23. The number of carboxylic acids is 1. The fourth-order valence-corrected chi connectivity index (χ4v) is 5.75. The number of aromatic amines is 1. The summed E-state index contributed by atoms with van der Waals surface area (Å²) in [6.07, 6.45) is 1.64. The second-order valence-corrected chi connectivity index (χ2v) is 10.7. The van der Waals surface area contributed by atoms with Gasteiger partial charge in [0, 0.05) is 36.3 Å². The number of nitrogens with one attached hydrogen (secondary N) is 2. The number of hydrogen-bond donors (Lipinski definition) is 3. The van der Waals surface area contributed by atoms with Gasteiger partial charge in [-0.15, -0.1) is 0 Å². The molecule has 1 saturated heterocycles. The normalized spacial score (nSPS) is 20.8. The second-order valence-electron chi connectivity index (χ2n) is 10.7. The zero-order valence-electron chi connectivity index (χ0n) is 23.5. The van der Waals surface area contributed by atoms with Crippen molar-refractivity contribution in [2.24, 2.45) is 0 Å². The summed E-state index contributed by atoms with van der Waals surface area (Å²) in [5, 5.41) is 18.9. The highest BCUT2D eigenvalue weighted by Crippen LogP contribution is 2.65. The summed E-state index contributed by atoms with van der Waals surface area (Å²) in [5.74, 6) is -0.807. The monoisotopic (exact) mass is 607 g/mol. The van der Waals surface area contributed by atoms with Crippen LogP contribution in [0, 0.1) is 0 Å². The molecule has 3 N–H and O–H groups in total. The van der Waals surface area contributed by atoms with Gasteiger partial charge in [0.2, 0.25) is 5.91 Å². The summed E-state index contributed by atoms with van der Waals surface area (Å²) >= 11 is 0. The molecule has 4 heterocycles. The lowest BCUT2D eigenvalue weighted by molar-refractivity contribution is -0.192. The number of nitrogens with zero attached hydrogens (tertiary/aromatic N) is 3. The van der Waals surface area contributed by atoms with E-state index >= 15 is 0 Å². The van der Waals surface area contributed by atoms with Crippen LogP contribution >= 0.6 is 0 Å². The van der Waals surface area contributed by atoms with E-state index in [1.165, 1.54) is 0 Å². The molecule has 1 spiro atoms. The third kappa shape index (κ3) is 5.46. The average Bonchev–Trinajstić information content (AvgIpc) is 3.57. The summed E-state index contributed by atoms with van der Waals surface area (Å²) in [6, 6.07) is 16.3. The molecule has 0 unspecified atom stereocenters. The van der Waals surface area contributed by atoms with Crippen molar-refractivity contribution in [1.29, 1.82) is 0 Å². The molecule has 10 nitrogen and oxygen atoms in total. The third-order valence-electron chi connectivity index (χ3n) is 8.12. The van der Waals surface area contributed by atoms with Crippen LogP contribution in [-0.2, 0) is 19.7 Å². The van der Waals surface area contributed by atoms with Gasteiger partial charge in [-0.25, -0.2) is 9.78 Å². The number of halogens is 3. The summed E-state index contributed by atoms with van der Waals surface area (Å²) in [5.41, 5.74) is 5.40. The van der Waals surface area contributed by atoms with E-state index in [9.17, 15) is 18.0 Å². The Bertz CT molecular complexity index is 1750. The number of carboxylic acid groups (broad SMARTS) is 1. The molecule has 2 aliphatic heterocycles. The Kier molecular flexibility index (Phi) is 7.49. The molecule has 1 aliphatic carbocycles. The minimum Gasteiger partial charge on any atom is -0.497 e. The molecule has 0 bridgehead atoms. The van der Waals surface area contributed by atoms with E-state index in [-0.39, 0.29) is 11.8 Å². The minimum atomic E-state index is -5.08. The van der Waals surface area contributed by atoms with Gasteiger partial charge < -0.3 is 24.8 Å². The van der Waals surface area contributed by atoms with Crippen molar-refractivity contribution in [2.45, 2.75) is 23.9 Å². The van der Waals surface area contributed by atoms with Gasteiger partial charge in [-0.1, -0.05) is 18.2 Å². The molecule has 2 aromatic heterocycles. The Balaban J connectivity index is 0.000000441. The fraction of sp³-hybridized carbons (Fsp3) is 0.290. The maximum Gasteiger partial charge on any atom is 0.490 e. The van der Waals surface area contributed by atoms with Gasteiger partial charge in [-0.05, 0) is 65.6 Å². The van der Waals surface area contributed by atoms with Crippen molar-refractivity contribution in [2.75, 3.05) is 43.6 Å². The van der Waals surface area contributed by atoms with E-state index in [0.29, 0.717) is 0 Å². The minimum absolute atomic E-state index is 0.0716. The Morgan fingerprint density at radius 3 is 2.59 bits per heavy atom. The van der Waals surface area contributed by atoms with Gasteiger partial charge >= 0.3 is 12.1 Å². The van der Waals surface area contributed by atoms with Crippen LogP contribution in [0.4, 0.5) is 24.7 Å². The van der Waals surface area contributed by atoms with Crippen molar-refractivity contribution in [3.8, 4) is 5.75 Å². The number of aliphatic carboxylic acids is 1. The van der Waals surface area contributed by atoms with Gasteiger partial charge in [0.1, 0.15) is 11.6 Å². The molecule has 3 aliphatic rings. The SMILES string of the molecule is COc1ccc2c(c1)[C@]1(C[C@H]1c1ccc3c(/C=C/c4ccc(N5CCOCC5)nc4)n[nH]c3c1)C(=O)N2.O=C(O)C(F)(F)F. The molecular weight excluding hydrogens is 579 g/mol. The summed E-state index contributed by atoms with van der Waals surface area (Å²) < 4.78 is 42.6. The number of rotatable bonds is 5. The lowest BCUT2D eigenvalue weighted by Crippen LogP contribution is -2.36. The maximum atomic E-state index is 13.0. The van der Waals surface area contributed by atoms with Gasteiger partial charge in [0.05, 0.1) is 36.9 Å². The number of fused-ring (bicyclic) bond motifs is 3. The van der Waals surface area contributed by atoms with Gasteiger partial charge in [-0.2, -0.15) is 18.3 Å². The van der Waals surface area contributed by atoms with Crippen LogP contribution in [0.25, 0.3) is 23.1 Å². The highest BCUT2D eigenvalue weighted by molar-refractivity contribution is 6.10. The first kappa shape index (κ1) is 29.2. The zero-order valence-corrected chi connectivity index (χ0v) is 23.5. The molecule has 1 saturated carbocycles. The number of ether oxygens (including phenoxy) is 2. The number of amides is 1. The molecule has 228 valence electrons. The first-order valence-corrected chi connectivity index (χ1v) is 13.8. The molecule has 1 amide bonds. The summed E-state index contributed by atoms with van der Waals surface area (Å²) in [7, 11) is 1.65. The molecular formula is C31H28F3N5O5. The van der Waals surface area contributed by atoms with Crippen LogP contribution < -0.4 is 15.0 Å². The van der Waals surface area contributed by atoms with Crippen LogP contribution in [0.3, 0.4) is 0 Å². The number of pyridine rings is 1. The van der Waals surface area contributed by atoms with E-state index < -0.39 is 17.6 Å². The number of benzene rings is 2. The van der Waals surface area contributed by atoms with Crippen LogP contribution in [0.2, 0.25) is 0 Å². The van der Waals surface area contributed by atoms with E-state index in [1.54, 1.807) is 7.11 Å². The number of carbonyl (C=O) groups is 2. The first-order chi connectivity index (χ1) is 21.1. The van der Waals surface area contributed by atoms with Crippen molar-refractivity contribution >= 4 is 46.4 Å². The maximum absolute atomic E-state index is 13.0. The number of morpholine rings is 1. The van der Waals surface area contributed by atoms with E-state index in [2.05, 4.69) is 55.7 Å². The van der Waals surface area contributed by atoms with Crippen molar-refractivity contribution in [3.63, 3.8) is 0 Å². The Hall–Kier alpha value is -4.91. The highest BCUT2D eigenvalue weighted by Gasteiger charge is 2.65. The predicted octanol–water partition coefficient (Wildman–Crippen LogP) is 4.98. The second kappa shape index (κ2) is 11.3. The Morgan fingerprint density at radius 1 is 1.14 bits per heavy atom. The largest absolute Gasteiger partial charge is 0.497 e. The van der Waals surface area contributed by atoms with Crippen molar-refractivity contribution in [3.05, 3.63) is 77.1 Å². The number of aromatic nitrogens is 3. The van der Waals surface area contributed by atoms with Crippen LogP contribution in [0.15, 0.2) is 54.7 Å². The quantitative estimate of drug-likeness (QED) is 0.290. The number of carbonyl (C=O) groups excluding carboxylic acids is 1. The lowest BCUT2D eigenvalue weighted by Gasteiger charge is -2.27. The van der Waals surface area contributed by atoms with E-state index in [1.807, 2.05) is 36.5 Å². The third-order valence-corrected chi connectivity index (χ3v) is 8.12. The van der Waals surface area contributed by atoms with E-state index in [4.69, 9.17) is 19.4 Å². The predicted molar refractivity (Wildman–Crippen MR) is 157 cm³/mol. The molecule has 2 aromatic carbocycles. The standard InChI is InChI=1S/C29H27N5O3.C2HF3O2/c1-36-20-5-8-25-22(15-20)29(28(35)31-25)16-23(29)19-4-6-21-24(32-33-26(21)14-19)7-2-18-3-9-27(30-17-18)34-10-12-37-13-11-34;3-2(4,5)1(6)7/h2-9,14-15,17,23H,10-13,16H2,1H3,(H,31,35)(H,32,33);(H,6,7)/b7-2+;/t23-,29-;/m0./s1. The number of H-pyrrole nitrogens is 1. The van der Waals surface area contributed by atoms with Crippen molar-refractivity contribution < 1.29 is 37.3 Å². The molecule has 7 rings (SSSR count). The van der Waals surface area contributed by atoms with E-state index in [0.717, 1.165) is 83.3 Å². The Labute approximate surface area is 249 Å². The lowest BCUT2D eigenvalue weighted by atomic mass is 9.91. The van der Waals surface area contributed by atoms with Crippen LogP contribution in [-0.4, -0.2) is 71.8 Å². The smallest absolute Gasteiger partial charge is 0.490 e. The highest BCUT2D eigenvalue weighted by atomic mass is 19.4. The number of alkyl halides is 3. The molecule has 2 fully saturated rings. The molecule has 2 atom stereocenters. The molecule has 13 heteroatoms. The van der Waals surface area contributed by atoms with Crippen molar-refractivity contribution in [1.82, 2.24) is 15.2 Å². The number of hydrogen-bond acceptors (Lipinski definition) is 7. The molecule has 0 radical (unpaired) electrons. The Morgan fingerprint density at radius 2 is 1.91 bits per heavy atom. The molecule has 4 aromatic rings.